The fourth-order valence-corrected chi connectivity index (χ4v) is 1.60. The van der Waals surface area contributed by atoms with Gasteiger partial charge in [-0.05, 0) is 24.7 Å². The lowest BCUT2D eigenvalue weighted by atomic mass is 9.99. The van der Waals surface area contributed by atoms with Gasteiger partial charge in [0, 0.05) is 13.2 Å². The van der Waals surface area contributed by atoms with E-state index >= 15 is 0 Å². The van der Waals surface area contributed by atoms with E-state index in [4.69, 9.17) is 10.8 Å². The van der Waals surface area contributed by atoms with Crippen molar-refractivity contribution in [3.8, 4) is 0 Å². The van der Waals surface area contributed by atoms with Crippen molar-refractivity contribution in [2.45, 2.75) is 46.1 Å². The van der Waals surface area contributed by atoms with Crippen LogP contribution >= 0.6 is 12.4 Å². The number of rotatable bonds is 8. The Balaban J connectivity index is 0. The van der Waals surface area contributed by atoms with Crippen LogP contribution < -0.4 is 11.1 Å². The Morgan fingerprint density at radius 3 is 2.35 bits per heavy atom. The summed E-state index contributed by atoms with van der Waals surface area (Å²) in [6.07, 6.45) is 2.83. The maximum Gasteiger partial charge on any atom is 0.237 e. The number of nitrogens with two attached hydrogens (primary N) is 1. The van der Waals surface area contributed by atoms with E-state index in [1.54, 1.807) is 0 Å². The molecule has 104 valence electrons. The van der Waals surface area contributed by atoms with E-state index in [9.17, 15) is 4.79 Å². The van der Waals surface area contributed by atoms with Gasteiger partial charge in [-0.2, -0.15) is 0 Å². The highest BCUT2D eigenvalue weighted by atomic mass is 35.5. The van der Waals surface area contributed by atoms with Crippen LogP contribution in [0.25, 0.3) is 0 Å². The quantitative estimate of drug-likeness (QED) is 0.620. The molecule has 0 aliphatic carbocycles. The van der Waals surface area contributed by atoms with Crippen molar-refractivity contribution in [2.24, 2.45) is 17.6 Å². The van der Waals surface area contributed by atoms with E-state index in [2.05, 4.69) is 12.2 Å². The second kappa shape index (κ2) is 10.8. The molecule has 1 unspecified atom stereocenters. The molecule has 0 spiro atoms. The maximum atomic E-state index is 11.6. The molecule has 0 rings (SSSR count). The van der Waals surface area contributed by atoms with Gasteiger partial charge in [0.15, 0.2) is 0 Å². The van der Waals surface area contributed by atoms with Crippen LogP contribution in [0.3, 0.4) is 0 Å². The van der Waals surface area contributed by atoms with Gasteiger partial charge in [-0.15, -0.1) is 12.4 Å². The molecule has 0 fully saturated rings. The number of hydrogen-bond acceptors (Lipinski definition) is 3. The first-order valence-corrected chi connectivity index (χ1v) is 6.17. The SMILES string of the molecule is CCCC(CCO)CNC(=O)[C@@H](N)C(C)C.Cl. The summed E-state index contributed by atoms with van der Waals surface area (Å²) in [6.45, 7) is 6.76. The molecule has 5 heteroatoms. The zero-order chi connectivity index (χ0) is 12.6. The van der Waals surface area contributed by atoms with Gasteiger partial charge in [-0.25, -0.2) is 0 Å². The number of hydrogen-bond donors (Lipinski definition) is 3. The molecule has 0 aliphatic heterocycles. The van der Waals surface area contributed by atoms with Gasteiger partial charge in [0.05, 0.1) is 6.04 Å². The van der Waals surface area contributed by atoms with Gasteiger partial charge in [0.1, 0.15) is 0 Å². The Kier molecular flexibility index (Phi) is 12.1. The first-order valence-electron chi connectivity index (χ1n) is 6.17. The first-order chi connectivity index (χ1) is 7.52. The van der Waals surface area contributed by atoms with E-state index in [0.29, 0.717) is 12.5 Å². The van der Waals surface area contributed by atoms with Gasteiger partial charge in [-0.3, -0.25) is 4.79 Å². The van der Waals surface area contributed by atoms with Crippen molar-refractivity contribution >= 4 is 18.3 Å². The summed E-state index contributed by atoms with van der Waals surface area (Å²) >= 11 is 0. The highest BCUT2D eigenvalue weighted by molar-refractivity contribution is 5.85. The maximum absolute atomic E-state index is 11.6. The molecule has 4 N–H and O–H groups in total. The van der Waals surface area contributed by atoms with Crippen LogP contribution in [-0.4, -0.2) is 30.2 Å². The third-order valence-corrected chi connectivity index (χ3v) is 2.82. The van der Waals surface area contributed by atoms with Crippen LogP contribution in [-0.2, 0) is 4.79 Å². The van der Waals surface area contributed by atoms with E-state index in [1.165, 1.54) is 0 Å². The summed E-state index contributed by atoms with van der Waals surface area (Å²) < 4.78 is 0. The largest absolute Gasteiger partial charge is 0.396 e. The number of aliphatic hydroxyl groups excluding tert-OH is 1. The molecule has 0 radical (unpaired) electrons. The van der Waals surface area contributed by atoms with Crippen molar-refractivity contribution in [3.05, 3.63) is 0 Å². The van der Waals surface area contributed by atoms with Crippen LogP contribution in [0.4, 0.5) is 0 Å². The summed E-state index contributed by atoms with van der Waals surface area (Å²) in [5, 5.41) is 11.7. The Hall–Kier alpha value is -0.320. The Bertz CT molecular complexity index is 195. The summed E-state index contributed by atoms with van der Waals surface area (Å²) in [5.74, 6) is 0.426. The molecule has 0 saturated heterocycles. The molecule has 0 bridgehead atoms. The van der Waals surface area contributed by atoms with E-state index in [1.807, 2.05) is 13.8 Å². The van der Waals surface area contributed by atoms with Crippen molar-refractivity contribution < 1.29 is 9.90 Å². The Labute approximate surface area is 111 Å². The lowest BCUT2D eigenvalue weighted by Gasteiger charge is -2.19. The third kappa shape index (κ3) is 8.41. The summed E-state index contributed by atoms with van der Waals surface area (Å²) in [4.78, 5) is 11.6. The number of aliphatic hydroxyl groups is 1. The lowest BCUT2D eigenvalue weighted by molar-refractivity contribution is -0.123. The van der Waals surface area contributed by atoms with Gasteiger partial charge in [0.2, 0.25) is 5.91 Å². The number of nitrogens with one attached hydrogen (secondary N) is 1. The average molecular weight is 267 g/mol. The molecule has 0 aromatic rings. The Morgan fingerprint density at radius 1 is 1.35 bits per heavy atom. The number of halogens is 1. The van der Waals surface area contributed by atoms with Crippen molar-refractivity contribution in [1.29, 1.82) is 0 Å². The molecule has 0 aromatic heterocycles. The monoisotopic (exact) mass is 266 g/mol. The second-order valence-electron chi connectivity index (χ2n) is 4.68. The topological polar surface area (TPSA) is 75.3 Å². The third-order valence-electron chi connectivity index (χ3n) is 2.82. The fourth-order valence-electron chi connectivity index (χ4n) is 1.60. The van der Waals surface area contributed by atoms with Crippen LogP contribution in [0.2, 0.25) is 0 Å². The number of amides is 1. The van der Waals surface area contributed by atoms with Crippen molar-refractivity contribution in [1.82, 2.24) is 5.32 Å². The molecular weight excluding hydrogens is 240 g/mol. The van der Waals surface area contributed by atoms with E-state index in [0.717, 1.165) is 19.3 Å². The van der Waals surface area contributed by atoms with Gasteiger partial charge in [0.25, 0.3) is 0 Å². The summed E-state index contributed by atoms with van der Waals surface area (Å²) in [6, 6.07) is -0.434. The zero-order valence-electron chi connectivity index (χ0n) is 11.1. The van der Waals surface area contributed by atoms with E-state index in [-0.39, 0.29) is 30.8 Å². The molecule has 0 aliphatic rings. The smallest absolute Gasteiger partial charge is 0.237 e. The van der Waals surface area contributed by atoms with Crippen LogP contribution in [0.15, 0.2) is 0 Å². The molecular formula is C12H27ClN2O2. The highest BCUT2D eigenvalue weighted by Gasteiger charge is 2.17. The van der Waals surface area contributed by atoms with Crippen LogP contribution in [0, 0.1) is 11.8 Å². The lowest BCUT2D eigenvalue weighted by Crippen LogP contribution is -2.45. The molecule has 0 aromatic carbocycles. The number of carbonyl (C=O) groups excluding carboxylic acids is 1. The first kappa shape index (κ1) is 19.0. The number of carbonyl (C=O) groups is 1. The minimum absolute atomic E-state index is 0. The Morgan fingerprint density at radius 2 is 1.94 bits per heavy atom. The predicted molar refractivity (Wildman–Crippen MR) is 73.2 cm³/mol. The average Bonchev–Trinajstić information content (AvgIpc) is 2.24. The molecule has 1 amide bonds. The highest BCUT2D eigenvalue weighted by Crippen LogP contribution is 2.09. The summed E-state index contributed by atoms with van der Waals surface area (Å²) in [5.41, 5.74) is 5.73. The second-order valence-corrected chi connectivity index (χ2v) is 4.68. The molecule has 2 atom stereocenters. The standard InChI is InChI=1S/C12H26N2O2.ClH/c1-4-5-10(6-7-15)8-14-12(16)11(13)9(2)3;/h9-11,15H,4-8,13H2,1-3H3,(H,14,16);1H/t10?,11-;/m0./s1. The van der Waals surface area contributed by atoms with Crippen LogP contribution in [0.1, 0.15) is 40.0 Å². The van der Waals surface area contributed by atoms with Crippen molar-refractivity contribution in [3.63, 3.8) is 0 Å². The minimum Gasteiger partial charge on any atom is -0.396 e. The molecule has 17 heavy (non-hydrogen) atoms. The predicted octanol–water partition coefficient (Wildman–Crippen LogP) is 1.31. The van der Waals surface area contributed by atoms with Gasteiger partial charge < -0.3 is 16.2 Å². The van der Waals surface area contributed by atoms with Crippen LogP contribution in [0.5, 0.6) is 0 Å². The van der Waals surface area contributed by atoms with Gasteiger partial charge in [-0.1, -0.05) is 27.2 Å². The summed E-state index contributed by atoms with van der Waals surface area (Å²) in [7, 11) is 0. The van der Waals surface area contributed by atoms with Crippen molar-refractivity contribution in [2.75, 3.05) is 13.2 Å². The molecule has 0 saturated carbocycles. The zero-order valence-corrected chi connectivity index (χ0v) is 11.9. The minimum atomic E-state index is -0.434. The van der Waals surface area contributed by atoms with Gasteiger partial charge >= 0.3 is 0 Å². The molecule has 0 heterocycles. The normalized spacial score (nSPS) is 14.0. The molecule has 4 nitrogen and oxygen atoms in total. The van der Waals surface area contributed by atoms with E-state index < -0.39 is 6.04 Å². The fraction of sp³-hybridized carbons (Fsp3) is 0.917.